The Morgan fingerprint density at radius 2 is 1.83 bits per heavy atom. The largest absolute Gasteiger partial charge is 0.489 e. The third kappa shape index (κ3) is 5.12. The van der Waals surface area contributed by atoms with Gasteiger partial charge in [-0.05, 0) is 48.2 Å². The molecule has 0 aromatic heterocycles. The van der Waals surface area contributed by atoms with Gasteiger partial charge in [0.25, 0.3) is 0 Å². The fourth-order valence-electron chi connectivity index (χ4n) is 2.68. The highest BCUT2D eigenvalue weighted by Gasteiger charge is 2.14. The molecule has 3 rings (SSSR count). The van der Waals surface area contributed by atoms with Crippen molar-refractivity contribution < 1.29 is 9.47 Å². The summed E-state index contributed by atoms with van der Waals surface area (Å²) in [6, 6.07) is 13.6. The molecule has 1 atom stereocenters. The normalized spacial score (nSPS) is 17.2. The average molecular weight is 366 g/mol. The van der Waals surface area contributed by atoms with Gasteiger partial charge in [0, 0.05) is 19.7 Å². The van der Waals surface area contributed by atoms with E-state index in [0.29, 0.717) is 22.8 Å². The second kappa shape index (κ2) is 8.72. The van der Waals surface area contributed by atoms with Crippen LogP contribution in [0.15, 0.2) is 42.5 Å². The van der Waals surface area contributed by atoms with Crippen molar-refractivity contribution in [2.45, 2.75) is 32.1 Å². The number of nitrogens with one attached hydrogen (secondary N) is 1. The van der Waals surface area contributed by atoms with Gasteiger partial charge in [-0.3, -0.25) is 0 Å². The highest BCUT2D eigenvalue weighted by molar-refractivity contribution is 6.42. The van der Waals surface area contributed by atoms with Crippen LogP contribution < -0.4 is 10.1 Å². The van der Waals surface area contributed by atoms with Crippen LogP contribution in [0, 0.1) is 0 Å². The van der Waals surface area contributed by atoms with E-state index in [2.05, 4.69) is 17.4 Å². The van der Waals surface area contributed by atoms with Crippen molar-refractivity contribution in [1.29, 1.82) is 0 Å². The fraction of sp³-hybridized carbons (Fsp3) is 0.368. The first kappa shape index (κ1) is 17.6. The number of halogens is 2. The predicted octanol–water partition coefficient (Wildman–Crippen LogP) is 4.84. The van der Waals surface area contributed by atoms with Crippen LogP contribution in [0.2, 0.25) is 10.0 Å². The second-order valence-electron chi connectivity index (χ2n) is 5.95. The van der Waals surface area contributed by atoms with Crippen molar-refractivity contribution >= 4 is 23.2 Å². The monoisotopic (exact) mass is 365 g/mol. The smallest absolute Gasteiger partial charge is 0.119 e. The molecule has 1 N–H and O–H groups in total. The van der Waals surface area contributed by atoms with Gasteiger partial charge in [-0.2, -0.15) is 0 Å². The minimum absolute atomic E-state index is 0.374. The summed E-state index contributed by atoms with van der Waals surface area (Å²) >= 11 is 11.9. The van der Waals surface area contributed by atoms with Crippen LogP contribution in [0.1, 0.15) is 24.0 Å². The third-order valence-electron chi connectivity index (χ3n) is 4.04. The summed E-state index contributed by atoms with van der Waals surface area (Å²) in [7, 11) is 0. The van der Waals surface area contributed by atoms with Crippen LogP contribution in [0.3, 0.4) is 0 Å². The molecule has 1 aliphatic rings. The summed E-state index contributed by atoms with van der Waals surface area (Å²) < 4.78 is 11.4. The lowest BCUT2D eigenvalue weighted by Gasteiger charge is -2.11. The van der Waals surface area contributed by atoms with Crippen molar-refractivity contribution in [2.24, 2.45) is 0 Å². The number of rotatable bonds is 7. The number of hydrogen-bond donors (Lipinski definition) is 1. The van der Waals surface area contributed by atoms with Crippen LogP contribution >= 0.6 is 23.2 Å². The van der Waals surface area contributed by atoms with Gasteiger partial charge >= 0.3 is 0 Å². The molecule has 5 heteroatoms. The molecule has 3 nitrogen and oxygen atoms in total. The maximum atomic E-state index is 6.01. The molecule has 1 saturated heterocycles. The lowest BCUT2D eigenvalue weighted by Crippen LogP contribution is -2.25. The van der Waals surface area contributed by atoms with E-state index >= 15 is 0 Å². The SMILES string of the molecule is Clc1ccc(COc2ccc(CNC[C@H]3CCCO3)cc2)cc1Cl. The van der Waals surface area contributed by atoms with Crippen LogP contribution in [0.4, 0.5) is 0 Å². The summed E-state index contributed by atoms with van der Waals surface area (Å²) in [5.41, 5.74) is 2.22. The first-order valence-electron chi connectivity index (χ1n) is 8.19. The van der Waals surface area contributed by atoms with Gasteiger partial charge < -0.3 is 14.8 Å². The van der Waals surface area contributed by atoms with Crippen molar-refractivity contribution in [1.82, 2.24) is 5.32 Å². The topological polar surface area (TPSA) is 30.5 Å². The molecule has 24 heavy (non-hydrogen) atoms. The Bertz CT molecular complexity index is 655. The third-order valence-corrected chi connectivity index (χ3v) is 4.78. The van der Waals surface area contributed by atoms with Crippen molar-refractivity contribution in [3.63, 3.8) is 0 Å². The first-order chi connectivity index (χ1) is 11.7. The zero-order valence-corrected chi connectivity index (χ0v) is 14.9. The van der Waals surface area contributed by atoms with Gasteiger partial charge in [-0.25, -0.2) is 0 Å². The molecule has 2 aromatic carbocycles. The molecule has 0 amide bonds. The zero-order valence-electron chi connectivity index (χ0n) is 13.4. The molecule has 0 bridgehead atoms. The Morgan fingerprint density at radius 3 is 2.54 bits per heavy atom. The Balaban J connectivity index is 1.44. The summed E-state index contributed by atoms with van der Waals surface area (Å²) in [6.45, 7) is 3.12. The standard InChI is InChI=1S/C19H21Cl2NO2/c20-18-8-5-15(10-19(18)21)13-24-16-6-3-14(4-7-16)11-22-12-17-2-1-9-23-17/h3-8,10,17,22H,1-2,9,11-13H2/t17-/m1/s1. The van der Waals surface area contributed by atoms with Gasteiger partial charge in [0.2, 0.25) is 0 Å². The summed E-state index contributed by atoms with van der Waals surface area (Å²) in [6.07, 6.45) is 2.71. The minimum atomic E-state index is 0.374. The highest BCUT2D eigenvalue weighted by Crippen LogP contribution is 2.23. The van der Waals surface area contributed by atoms with E-state index in [0.717, 1.165) is 37.4 Å². The molecule has 1 aliphatic heterocycles. The van der Waals surface area contributed by atoms with Gasteiger partial charge in [-0.1, -0.05) is 41.4 Å². The summed E-state index contributed by atoms with van der Waals surface area (Å²) in [5.74, 6) is 0.837. The molecular formula is C19H21Cl2NO2. The average Bonchev–Trinajstić information content (AvgIpc) is 3.10. The van der Waals surface area contributed by atoms with E-state index in [1.165, 1.54) is 12.0 Å². The zero-order chi connectivity index (χ0) is 16.8. The summed E-state index contributed by atoms with van der Waals surface area (Å²) in [4.78, 5) is 0. The molecule has 0 saturated carbocycles. The maximum Gasteiger partial charge on any atom is 0.119 e. The second-order valence-corrected chi connectivity index (χ2v) is 6.76. The Morgan fingerprint density at radius 1 is 1.04 bits per heavy atom. The maximum absolute atomic E-state index is 6.01. The van der Waals surface area contributed by atoms with Gasteiger partial charge in [0.05, 0.1) is 16.1 Å². The molecule has 0 unspecified atom stereocenters. The number of benzene rings is 2. The van der Waals surface area contributed by atoms with Crippen LogP contribution in [-0.2, 0) is 17.9 Å². The Labute approximate surface area is 152 Å². The molecule has 1 heterocycles. The van der Waals surface area contributed by atoms with Gasteiger partial charge in [0.1, 0.15) is 12.4 Å². The molecule has 1 fully saturated rings. The Hall–Kier alpha value is -1.26. The molecular weight excluding hydrogens is 345 g/mol. The molecule has 0 aliphatic carbocycles. The van der Waals surface area contributed by atoms with E-state index < -0.39 is 0 Å². The van der Waals surface area contributed by atoms with E-state index in [1.807, 2.05) is 24.3 Å². The minimum Gasteiger partial charge on any atom is -0.489 e. The van der Waals surface area contributed by atoms with E-state index in [9.17, 15) is 0 Å². The molecule has 0 radical (unpaired) electrons. The van der Waals surface area contributed by atoms with Gasteiger partial charge in [0.15, 0.2) is 0 Å². The summed E-state index contributed by atoms with van der Waals surface area (Å²) in [5, 5.41) is 4.54. The van der Waals surface area contributed by atoms with Gasteiger partial charge in [-0.15, -0.1) is 0 Å². The van der Waals surface area contributed by atoms with E-state index in [4.69, 9.17) is 32.7 Å². The van der Waals surface area contributed by atoms with Crippen LogP contribution in [0.25, 0.3) is 0 Å². The quantitative estimate of drug-likeness (QED) is 0.761. The van der Waals surface area contributed by atoms with E-state index in [1.54, 1.807) is 6.07 Å². The van der Waals surface area contributed by atoms with Crippen molar-refractivity contribution in [3.8, 4) is 5.75 Å². The van der Waals surface area contributed by atoms with Crippen LogP contribution in [-0.4, -0.2) is 19.3 Å². The number of ether oxygens (including phenoxy) is 2. The molecule has 0 spiro atoms. The first-order valence-corrected chi connectivity index (χ1v) is 8.94. The number of hydrogen-bond acceptors (Lipinski definition) is 3. The lowest BCUT2D eigenvalue weighted by atomic mass is 10.2. The molecule has 2 aromatic rings. The van der Waals surface area contributed by atoms with Crippen LogP contribution in [0.5, 0.6) is 5.75 Å². The van der Waals surface area contributed by atoms with E-state index in [-0.39, 0.29) is 0 Å². The Kier molecular flexibility index (Phi) is 6.38. The highest BCUT2D eigenvalue weighted by atomic mass is 35.5. The fourth-order valence-corrected chi connectivity index (χ4v) is 3.00. The van der Waals surface area contributed by atoms with Crippen molar-refractivity contribution in [3.05, 3.63) is 63.6 Å². The van der Waals surface area contributed by atoms with Crippen molar-refractivity contribution in [2.75, 3.05) is 13.2 Å². The lowest BCUT2D eigenvalue weighted by molar-refractivity contribution is 0.110. The predicted molar refractivity (Wildman–Crippen MR) is 97.9 cm³/mol. The molecule has 128 valence electrons.